The molecule has 2 aliphatic heterocycles. The summed E-state index contributed by atoms with van der Waals surface area (Å²) >= 11 is 0. The number of nitrogens with two attached hydrogens (primary N) is 1. The van der Waals surface area contributed by atoms with Gasteiger partial charge in [-0.15, -0.1) is 0 Å². The van der Waals surface area contributed by atoms with Crippen LogP contribution in [0.3, 0.4) is 0 Å². The number of ketones is 2. The second kappa shape index (κ2) is 35.3. The Kier molecular flexibility index (Phi) is 25.3. The number of unbranched alkanes of at least 4 members (excludes halogenated alkanes) is 1. The van der Waals surface area contributed by atoms with Crippen molar-refractivity contribution in [2.24, 2.45) is 5.73 Å². The molecular weight excluding hydrogens is 1350 g/mol. The normalized spacial score (nSPS) is 17.2. The van der Waals surface area contributed by atoms with Crippen LogP contribution < -0.4 is 16.4 Å². The van der Waals surface area contributed by atoms with Crippen molar-refractivity contribution >= 4 is 53.0 Å². The van der Waals surface area contributed by atoms with E-state index in [0.717, 1.165) is 199 Å². The summed E-state index contributed by atoms with van der Waals surface area (Å²) in [5.41, 5.74) is 25.4. The molecule has 558 valence electrons. The molecule has 8 aromatic rings. The van der Waals surface area contributed by atoms with Gasteiger partial charge >= 0.3 is 11.9 Å². The monoisotopic (exact) mass is 1450 g/mol. The number of aliphatic hydroxyl groups is 2. The van der Waals surface area contributed by atoms with E-state index in [1.807, 2.05) is 124 Å². The highest BCUT2D eigenvalue weighted by Gasteiger charge is 2.36. The van der Waals surface area contributed by atoms with Crippen LogP contribution in [-0.4, -0.2) is 137 Å². The summed E-state index contributed by atoms with van der Waals surface area (Å²) in [6, 6.07) is 30.3. The van der Waals surface area contributed by atoms with Crippen molar-refractivity contribution in [1.29, 1.82) is 0 Å². The summed E-state index contributed by atoms with van der Waals surface area (Å²) in [4.78, 5) is 112. The molecule has 107 heavy (non-hydrogen) atoms. The standard InChI is InChI=1S/C44H50N4O5.C41H42N4O5.C2H7NO/c1-27-31(21-42(50)39-22-37(30-17-18-30)33(25-45-39)26-48-19-5-3-14-41(48)44(52)53)10-7-11-34(27)35-12-8-13-38(28(35)2)47-43(51)40-23-36(29-15-16-29)32(24-46-40)9-4-6-20-49;1-24-28(17-39(47)36-18-33(26-12-13-26)29(20-42-36)22-45-16-4-3-11-38(45)41(49)50)7-5-8-31(24)32-9-6-10-35(25(32)2)44-40(48)37-19-34(27-14-15-27)30(23-46)21-43-37;3-1-2-4/h7-8,10-13,22-25,29-30,41,49H,3-6,9,14-21,26H2,1-2H3,(H,47,51)(H,52,53);5-10,18-21,23,26-27,38H,3-4,11-17,22H2,1-2H3,(H,44,48)(H,49,50);4H,1-3H2/t41-;38-;/m00./s1. The number of carboxylic acid groups (broad SMARTS) is 2. The van der Waals surface area contributed by atoms with E-state index in [1.54, 1.807) is 18.5 Å². The zero-order valence-corrected chi connectivity index (χ0v) is 61.9. The van der Waals surface area contributed by atoms with Crippen LogP contribution in [0.2, 0.25) is 0 Å². The van der Waals surface area contributed by atoms with E-state index < -0.39 is 24.0 Å². The Labute approximate surface area is 626 Å². The number of benzene rings is 4. The molecule has 0 spiro atoms. The van der Waals surface area contributed by atoms with Crippen LogP contribution in [0, 0.1) is 27.7 Å². The number of aliphatic carboxylic acids is 2. The highest BCUT2D eigenvalue weighted by molar-refractivity contribution is 6.05. The first kappa shape index (κ1) is 76.8. The van der Waals surface area contributed by atoms with Crippen molar-refractivity contribution < 1.29 is 54.0 Å². The number of anilines is 2. The number of aryl methyl sites for hydroxylation is 1. The van der Waals surface area contributed by atoms with Gasteiger partial charge in [-0.1, -0.05) is 73.5 Å². The van der Waals surface area contributed by atoms with Crippen LogP contribution in [0.1, 0.15) is 251 Å². The summed E-state index contributed by atoms with van der Waals surface area (Å²) in [5, 5.41) is 42.6. The van der Waals surface area contributed by atoms with Crippen LogP contribution in [-0.2, 0) is 41.9 Å². The average molecular weight is 1450 g/mol. The number of likely N-dealkylation sites (tertiary alicyclic amines) is 2. The van der Waals surface area contributed by atoms with Gasteiger partial charge in [-0.2, -0.15) is 0 Å². The molecule has 4 aromatic carbocycles. The van der Waals surface area contributed by atoms with Gasteiger partial charge in [0.25, 0.3) is 11.8 Å². The molecule has 8 N–H and O–H groups in total. The maximum absolute atomic E-state index is 13.8. The fourth-order valence-electron chi connectivity index (χ4n) is 15.3. The van der Waals surface area contributed by atoms with Crippen molar-refractivity contribution in [3.05, 3.63) is 223 Å². The summed E-state index contributed by atoms with van der Waals surface area (Å²) in [7, 11) is 0. The van der Waals surface area contributed by atoms with Gasteiger partial charge in [-0.05, 0) is 292 Å². The second-order valence-electron chi connectivity index (χ2n) is 29.8. The molecule has 6 fully saturated rings. The van der Waals surface area contributed by atoms with Crippen molar-refractivity contribution in [1.82, 2.24) is 29.7 Å². The minimum absolute atomic E-state index is 0.0460. The average Bonchev–Trinajstić information content (AvgIpc) is 1.60. The Morgan fingerprint density at radius 3 is 1.24 bits per heavy atom. The number of aliphatic hydroxyl groups excluding tert-OH is 2. The third-order valence-electron chi connectivity index (χ3n) is 22.1. The molecule has 0 unspecified atom stereocenters. The number of pyridine rings is 4. The number of Topliss-reactive ketones (excluding diaryl/α,β-unsaturated/α-hetero) is 2. The Morgan fingerprint density at radius 1 is 0.458 bits per heavy atom. The van der Waals surface area contributed by atoms with Gasteiger partial charge < -0.3 is 36.8 Å². The van der Waals surface area contributed by atoms with Gasteiger partial charge in [0.05, 0.1) is 6.61 Å². The Morgan fingerprint density at radius 2 is 0.832 bits per heavy atom. The first-order chi connectivity index (χ1) is 51.8. The van der Waals surface area contributed by atoms with Crippen LogP contribution in [0.5, 0.6) is 0 Å². The van der Waals surface area contributed by atoms with Crippen molar-refractivity contribution in [2.45, 2.75) is 199 Å². The molecule has 2 saturated heterocycles. The zero-order valence-electron chi connectivity index (χ0n) is 61.9. The number of carboxylic acids is 2. The fraction of sp³-hybridized carbons (Fsp3) is 0.414. The molecule has 2 amide bonds. The number of hydrogen-bond acceptors (Lipinski definition) is 16. The maximum atomic E-state index is 13.8. The topological polar surface area (TPSA) is 309 Å². The van der Waals surface area contributed by atoms with Crippen LogP contribution in [0.25, 0.3) is 22.3 Å². The minimum Gasteiger partial charge on any atom is -0.480 e. The SMILES string of the molecule is Cc1c(CC(=O)c2cc(C3CC3)c(CN3CCCC[C@H]3C(=O)O)cn2)cccc1-c1cccc(NC(=O)c2cc(C3CC3)c(C=O)cn2)c1C.Cc1c(CC(=O)c2cc(C3CC3)c(CN3CCCC[C@H]3C(=O)O)cn2)cccc1-c1cccc(NC(=O)c2cc(C3CC3)c(CCCCO)cn2)c1C.NCCO. The fourth-order valence-corrected chi connectivity index (χ4v) is 15.3. The largest absolute Gasteiger partial charge is 0.480 e. The molecule has 4 aromatic heterocycles. The highest BCUT2D eigenvalue weighted by atomic mass is 16.4. The third-order valence-corrected chi connectivity index (χ3v) is 22.1. The van der Waals surface area contributed by atoms with E-state index in [2.05, 4.69) is 41.5 Å². The van der Waals surface area contributed by atoms with Gasteiger partial charge in [-0.3, -0.25) is 63.3 Å². The lowest BCUT2D eigenvalue weighted by molar-refractivity contribution is -0.145. The minimum atomic E-state index is -0.775. The van der Waals surface area contributed by atoms with Crippen molar-refractivity contribution in [3.63, 3.8) is 0 Å². The molecule has 14 rings (SSSR count). The Balaban J connectivity index is 0.000000191. The van der Waals surface area contributed by atoms with Gasteiger partial charge in [0.15, 0.2) is 17.9 Å². The molecule has 2 atom stereocenters. The van der Waals surface area contributed by atoms with Crippen LogP contribution in [0.15, 0.2) is 122 Å². The first-order valence-electron chi connectivity index (χ1n) is 38.2. The predicted octanol–water partition coefficient (Wildman–Crippen LogP) is 14.3. The van der Waals surface area contributed by atoms with Crippen molar-refractivity contribution in [3.8, 4) is 22.3 Å². The number of piperidine rings is 2. The summed E-state index contributed by atoms with van der Waals surface area (Å²) in [6.45, 7) is 11.3. The summed E-state index contributed by atoms with van der Waals surface area (Å²) in [6.07, 6.45) is 24.3. The number of nitrogens with one attached hydrogen (secondary N) is 2. The van der Waals surface area contributed by atoms with Crippen LogP contribution in [0.4, 0.5) is 11.4 Å². The number of nitrogens with zero attached hydrogens (tertiary/aromatic N) is 6. The first-order valence-corrected chi connectivity index (χ1v) is 38.2. The molecule has 4 aliphatic carbocycles. The number of rotatable bonds is 28. The van der Waals surface area contributed by atoms with Gasteiger partial charge in [-0.25, -0.2) is 0 Å². The van der Waals surface area contributed by atoms with Gasteiger partial charge in [0, 0.05) is 80.8 Å². The highest BCUT2D eigenvalue weighted by Crippen LogP contribution is 2.46. The molecule has 6 aliphatic rings. The van der Waals surface area contributed by atoms with E-state index in [-0.39, 0.29) is 55.1 Å². The molecular formula is C87H99N9O11. The van der Waals surface area contributed by atoms with E-state index in [4.69, 9.17) is 10.8 Å². The number of aldehydes is 1. The lowest BCUT2D eigenvalue weighted by Gasteiger charge is -2.33. The maximum Gasteiger partial charge on any atom is 0.320 e. The van der Waals surface area contributed by atoms with E-state index >= 15 is 0 Å². The van der Waals surface area contributed by atoms with E-state index in [0.29, 0.717) is 90.2 Å². The van der Waals surface area contributed by atoms with Gasteiger partial charge in [0.1, 0.15) is 34.9 Å². The smallest absolute Gasteiger partial charge is 0.320 e. The second-order valence-corrected chi connectivity index (χ2v) is 29.8. The molecule has 20 nitrogen and oxygen atoms in total. The van der Waals surface area contributed by atoms with Crippen molar-refractivity contribution in [2.75, 3.05) is 43.5 Å². The molecule has 0 radical (unpaired) electrons. The summed E-state index contributed by atoms with van der Waals surface area (Å²) < 4.78 is 0. The Bertz CT molecular complexity index is 4630. The third kappa shape index (κ3) is 18.9. The van der Waals surface area contributed by atoms with E-state index in [9.17, 15) is 48.9 Å². The lowest BCUT2D eigenvalue weighted by atomic mass is 9.90. The number of amides is 2. The number of carbonyl (C=O) groups excluding carboxylic acids is 5. The van der Waals surface area contributed by atoms with E-state index in [1.165, 1.54) is 17.3 Å². The number of carbonyl (C=O) groups is 7. The number of hydrogen-bond donors (Lipinski definition) is 7. The molecule has 20 heteroatoms. The Hall–Kier alpha value is -9.83. The molecule has 6 heterocycles. The molecule has 0 bridgehead atoms. The lowest BCUT2D eigenvalue weighted by Crippen LogP contribution is -2.44. The predicted molar refractivity (Wildman–Crippen MR) is 412 cm³/mol. The van der Waals surface area contributed by atoms with Crippen LogP contribution >= 0.6 is 0 Å². The zero-order chi connectivity index (χ0) is 75.4. The molecule has 4 saturated carbocycles. The van der Waals surface area contributed by atoms with Gasteiger partial charge in [0.2, 0.25) is 0 Å². The number of aromatic nitrogens is 4. The quantitative estimate of drug-likeness (QED) is 0.0136. The summed E-state index contributed by atoms with van der Waals surface area (Å²) in [5.74, 6) is -0.649.